The van der Waals surface area contributed by atoms with E-state index in [0.29, 0.717) is 28.6 Å². The zero-order chi connectivity index (χ0) is 23.5. The van der Waals surface area contributed by atoms with Crippen molar-refractivity contribution in [2.45, 2.75) is 19.3 Å². The van der Waals surface area contributed by atoms with Crippen LogP contribution in [0.3, 0.4) is 0 Å². The quantitative estimate of drug-likeness (QED) is 0.393. The van der Waals surface area contributed by atoms with Gasteiger partial charge < -0.3 is 14.5 Å². The molecule has 0 saturated heterocycles. The van der Waals surface area contributed by atoms with Crippen LogP contribution in [0.2, 0.25) is 0 Å². The molecule has 0 radical (unpaired) electrons. The highest BCUT2D eigenvalue weighted by Crippen LogP contribution is 2.36. The second-order valence-corrected chi connectivity index (χ2v) is 8.00. The van der Waals surface area contributed by atoms with E-state index in [9.17, 15) is 14.0 Å². The highest BCUT2D eigenvalue weighted by molar-refractivity contribution is 6.07. The Bertz CT molecular complexity index is 1390. The summed E-state index contributed by atoms with van der Waals surface area (Å²) in [5.41, 5.74) is 4.08. The fourth-order valence-corrected chi connectivity index (χ4v) is 4.19. The summed E-state index contributed by atoms with van der Waals surface area (Å²) < 4.78 is 24.0. The Kier molecular flexibility index (Phi) is 5.91. The number of fused-ring (bicyclic) bond motifs is 2. The number of aromatic nitrogens is 1. The summed E-state index contributed by atoms with van der Waals surface area (Å²) in [5, 5.41) is 3.28. The van der Waals surface area contributed by atoms with Crippen LogP contribution in [0.15, 0.2) is 71.3 Å². The van der Waals surface area contributed by atoms with Crippen LogP contribution >= 0.6 is 0 Å². The predicted molar refractivity (Wildman–Crippen MR) is 127 cm³/mol. The van der Waals surface area contributed by atoms with E-state index in [-0.39, 0.29) is 0 Å². The topological polar surface area (TPSA) is 81.4 Å². The van der Waals surface area contributed by atoms with Gasteiger partial charge in [-0.05, 0) is 78.9 Å². The van der Waals surface area contributed by atoms with Gasteiger partial charge in [0.05, 0.1) is 23.0 Å². The maximum atomic E-state index is 13.2. The van der Waals surface area contributed by atoms with E-state index < -0.39 is 24.3 Å². The third-order valence-corrected chi connectivity index (χ3v) is 5.70. The molecule has 1 N–H and O–H groups in total. The Balaban J connectivity index is 1.44. The molecule has 1 aliphatic carbocycles. The number of ether oxygens (including phenoxy) is 1. The van der Waals surface area contributed by atoms with Crippen molar-refractivity contribution in [3.8, 4) is 0 Å². The molecule has 6 nitrogen and oxygen atoms in total. The van der Waals surface area contributed by atoms with E-state index in [4.69, 9.17) is 14.1 Å². The zero-order valence-corrected chi connectivity index (χ0v) is 18.2. The van der Waals surface area contributed by atoms with Crippen LogP contribution in [0.25, 0.3) is 22.6 Å². The SMILES string of the molecule is O=C(COC(=O)c1c2c(nc3ccccc13)/C(=C\c1ccco1)CCC2)Nc1ccc(F)cc1. The lowest BCUT2D eigenvalue weighted by Gasteiger charge is -2.22. The first-order valence-electron chi connectivity index (χ1n) is 11.0. The van der Waals surface area contributed by atoms with Gasteiger partial charge in [0, 0.05) is 11.1 Å². The van der Waals surface area contributed by atoms with Crippen molar-refractivity contribution in [3.63, 3.8) is 0 Å². The Morgan fingerprint density at radius 1 is 1.06 bits per heavy atom. The van der Waals surface area contributed by atoms with Crippen molar-refractivity contribution in [3.05, 3.63) is 95.3 Å². The Morgan fingerprint density at radius 2 is 1.88 bits per heavy atom. The molecule has 4 aromatic rings. The minimum atomic E-state index is -0.580. The summed E-state index contributed by atoms with van der Waals surface area (Å²) in [7, 11) is 0. The van der Waals surface area contributed by atoms with Gasteiger partial charge in [-0.1, -0.05) is 18.2 Å². The molecule has 34 heavy (non-hydrogen) atoms. The van der Waals surface area contributed by atoms with Gasteiger partial charge in [0.25, 0.3) is 5.91 Å². The standard InChI is InChI=1S/C27H21FN2O4/c28-18-10-12-19(13-11-18)29-24(31)16-34-27(32)25-21-7-1-2-9-23(21)30-26-17(5-3-8-22(25)26)15-20-6-4-14-33-20/h1-2,4,6-7,9-15H,3,5,8,16H2,(H,29,31)/b17-15-. The third kappa shape index (κ3) is 4.45. The Morgan fingerprint density at radius 3 is 2.68 bits per heavy atom. The number of allylic oxidation sites excluding steroid dienone is 1. The van der Waals surface area contributed by atoms with Gasteiger partial charge in [-0.2, -0.15) is 0 Å². The number of nitrogens with one attached hydrogen (secondary N) is 1. The lowest BCUT2D eigenvalue weighted by atomic mass is 9.86. The van der Waals surface area contributed by atoms with Crippen molar-refractivity contribution in [1.29, 1.82) is 0 Å². The maximum absolute atomic E-state index is 13.2. The van der Waals surface area contributed by atoms with E-state index in [1.165, 1.54) is 24.3 Å². The number of para-hydroxylation sites is 1. The monoisotopic (exact) mass is 456 g/mol. The van der Waals surface area contributed by atoms with Crippen LogP contribution in [0.1, 0.15) is 40.2 Å². The van der Waals surface area contributed by atoms with Crippen molar-refractivity contribution >= 4 is 40.1 Å². The number of nitrogens with zero attached hydrogens (tertiary/aromatic N) is 1. The van der Waals surface area contributed by atoms with Gasteiger partial charge in [0.2, 0.25) is 0 Å². The molecule has 0 spiro atoms. The lowest BCUT2D eigenvalue weighted by Crippen LogP contribution is -2.22. The summed E-state index contributed by atoms with van der Waals surface area (Å²) in [6, 6.07) is 16.5. The van der Waals surface area contributed by atoms with Crippen molar-refractivity contribution in [2.24, 2.45) is 0 Å². The van der Waals surface area contributed by atoms with E-state index in [1.807, 2.05) is 42.5 Å². The average molecular weight is 456 g/mol. The van der Waals surface area contributed by atoms with Crippen LogP contribution in [-0.2, 0) is 16.0 Å². The number of benzene rings is 2. The highest BCUT2D eigenvalue weighted by Gasteiger charge is 2.26. The number of esters is 1. The third-order valence-electron chi connectivity index (χ3n) is 5.70. The lowest BCUT2D eigenvalue weighted by molar-refractivity contribution is -0.119. The van der Waals surface area contributed by atoms with Gasteiger partial charge in [-0.15, -0.1) is 0 Å². The number of halogens is 1. The number of pyridine rings is 1. The molecule has 1 amide bonds. The number of hydrogen-bond acceptors (Lipinski definition) is 5. The normalized spacial score (nSPS) is 14.1. The van der Waals surface area contributed by atoms with Crippen LogP contribution in [0.5, 0.6) is 0 Å². The van der Waals surface area contributed by atoms with Gasteiger partial charge in [-0.25, -0.2) is 14.2 Å². The smallest absolute Gasteiger partial charge is 0.339 e. The molecule has 1 aliphatic rings. The van der Waals surface area contributed by atoms with Crippen molar-refractivity contribution in [2.75, 3.05) is 11.9 Å². The van der Waals surface area contributed by atoms with Crippen LogP contribution < -0.4 is 5.32 Å². The van der Waals surface area contributed by atoms with E-state index in [2.05, 4.69) is 5.32 Å². The number of carbonyl (C=O) groups is 2. The minimum Gasteiger partial charge on any atom is -0.465 e. The summed E-state index contributed by atoms with van der Waals surface area (Å²) >= 11 is 0. The summed E-state index contributed by atoms with van der Waals surface area (Å²) in [4.78, 5) is 30.4. The van der Waals surface area contributed by atoms with Crippen LogP contribution in [-0.4, -0.2) is 23.5 Å². The molecule has 2 heterocycles. The molecule has 0 fully saturated rings. The maximum Gasteiger partial charge on any atom is 0.339 e. The minimum absolute atomic E-state index is 0.403. The van der Waals surface area contributed by atoms with Crippen molar-refractivity contribution < 1.29 is 23.1 Å². The number of amides is 1. The molecule has 5 rings (SSSR count). The molecule has 0 aliphatic heterocycles. The molecule has 0 saturated carbocycles. The molecule has 0 bridgehead atoms. The highest BCUT2D eigenvalue weighted by atomic mass is 19.1. The average Bonchev–Trinajstić information content (AvgIpc) is 3.36. The van der Waals surface area contributed by atoms with E-state index >= 15 is 0 Å². The Hall–Kier alpha value is -4.26. The molecule has 170 valence electrons. The van der Waals surface area contributed by atoms with Crippen molar-refractivity contribution in [1.82, 2.24) is 4.98 Å². The van der Waals surface area contributed by atoms with Gasteiger partial charge in [0.15, 0.2) is 6.61 Å². The number of hydrogen-bond donors (Lipinski definition) is 1. The second-order valence-electron chi connectivity index (χ2n) is 8.00. The zero-order valence-electron chi connectivity index (χ0n) is 18.2. The largest absolute Gasteiger partial charge is 0.465 e. The molecule has 2 aromatic carbocycles. The van der Waals surface area contributed by atoms with Crippen LogP contribution in [0, 0.1) is 5.82 Å². The molecular weight excluding hydrogens is 435 g/mol. The summed E-state index contributed by atoms with van der Waals surface area (Å²) in [5.74, 6) is -0.771. The number of carbonyl (C=O) groups excluding carboxylic acids is 2. The summed E-state index contributed by atoms with van der Waals surface area (Å²) in [6.45, 7) is -0.462. The number of rotatable bonds is 5. The second kappa shape index (κ2) is 9.31. The van der Waals surface area contributed by atoms with Gasteiger partial charge in [-0.3, -0.25) is 4.79 Å². The molecule has 2 aromatic heterocycles. The summed E-state index contributed by atoms with van der Waals surface area (Å²) in [6.07, 6.45) is 5.90. The molecular formula is C27H21FN2O4. The fraction of sp³-hybridized carbons (Fsp3) is 0.148. The molecule has 7 heteroatoms. The molecule has 0 unspecified atom stereocenters. The fourth-order valence-electron chi connectivity index (χ4n) is 4.19. The predicted octanol–water partition coefficient (Wildman–Crippen LogP) is 5.64. The van der Waals surface area contributed by atoms with Crippen LogP contribution in [0.4, 0.5) is 10.1 Å². The van der Waals surface area contributed by atoms with Gasteiger partial charge >= 0.3 is 5.97 Å². The number of anilines is 1. The first-order valence-corrected chi connectivity index (χ1v) is 11.0. The van der Waals surface area contributed by atoms with Gasteiger partial charge in [0.1, 0.15) is 11.6 Å². The molecule has 0 atom stereocenters. The first kappa shape index (κ1) is 21.6. The Labute approximate surface area is 195 Å². The first-order chi connectivity index (χ1) is 16.6. The van der Waals surface area contributed by atoms with E-state index in [0.717, 1.165) is 35.4 Å². The van der Waals surface area contributed by atoms with E-state index in [1.54, 1.807) is 6.26 Å². The number of furan rings is 1.